The molecule has 2 aromatic heterocycles. The fourth-order valence-electron chi connectivity index (χ4n) is 5.67. The van der Waals surface area contributed by atoms with Crippen molar-refractivity contribution in [3.8, 4) is 11.1 Å². The third-order valence-corrected chi connectivity index (χ3v) is 9.64. The maximum Gasteiger partial charge on any atom is 0.239 e. The molecule has 1 N–H and O–H groups in total. The molecule has 1 unspecified atom stereocenters. The van der Waals surface area contributed by atoms with E-state index in [1.807, 2.05) is 43.4 Å². The Bertz CT molecular complexity index is 1620. The zero-order valence-corrected chi connectivity index (χ0v) is 23.7. The van der Waals surface area contributed by atoms with Crippen molar-refractivity contribution < 1.29 is 17.6 Å². The second-order valence-corrected chi connectivity index (χ2v) is 12.5. The SMILES string of the molecule is CNS(=O)(=O)CC1CCC(N(C)c2ncnc3c2ccn3C(=O)C(C)c2ccc(-c3ccccc3)c(F)c2)CC1. The van der Waals surface area contributed by atoms with Crippen molar-refractivity contribution in [2.45, 2.75) is 44.6 Å². The van der Waals surface area contributed by atoms with Crippen LogP contribution in [0.4, 0.5) is 10.2 Å². The molecule has 1 aliphatic rings. The van der Waals surface area contributed by atoms with Crippen LogP contribution in [0.3, 0.4) is 0 Å². The Morgan fingerprint density at radius 1 is 1.10 bits per heavy atom. The molecule has 4 aromatic rings. The average molecular weight is 564 g/mol. The topological polar surface area (TPSA) is 97.2 Å². The number of hydrogen-bond acceptors (Lipinski definition) is 6. The van der Waals surface area contributed by atoms with Gasteiger partial charge in [-0.2, -0.15) is 0 Å². The summed E-state index contributed by atoms with van der Waals surface area (Å²) in [5.41, 5.74) is 2.37. The van der Waals surface area contributed by atoms with Gasteiger partial charge >= 0.3 is 0 Å². The van der Waals surface area contributed by atoms with E-state index in [4.69, 9.17) is 0 Å². The number of fused-ring (bicyclic) bond motifs is 1. The van der Waals surface area contributed by atoms with E-state index >= 15 is 4.39 Å². The molecule has 10 heteroatoms. The fourth-order valence-corrected chi connectivity index (χ4v) is 6.79. The van der Waals surface area contributed by atoms with Crippen LogP contribution < -0.4 is 9.62 Å². The number of hydrogen-bond donors (Lipinski definition) is 1. The normalized spacial score (nSPS) is 18.5. The summed E-state index contributed by atoms with van der Waals surface area (Å²) in [5, 5.41) is 0.760. The summed E-state index contributed by atoms with van der Waals surface area (Å²) in [6, 6.07) is 16.3. The smallest absolute Gasteiger partial charge is 0.239 e. The van der Waals surface area contributed by atoms with Crippen molar-refractivity contribution in [1.29, 1.82) is 0 Å². The number of carbonyl (C=O) groups is 1. The fraction of sp³-hybridized carbons (Fsp3) is 0.367. The molecule has 2 heterocycles. The molecule has 5 rings (SSSR count). The molecular weight excluding hydrogens is 529 g/mol. The van der Waals surface area contributed by atoms with Crippen LogP contribution in [0.15, 0.2) is 67.1 Å². The largest absolute Gasteiger partial charge is 0.356 e. The van der Waals surface area contributed by atoms with Crippen LogP contribution in [0.5, 0.6) is 0 Å². The van der Waals surface area contributed by atoms with Gasteiger partial charge in [0.2, 0.25) is 15.9 Å². The Balaban J connectivity index is 1.33. The number of sulfonamides is 1. The van der Waals surface area contributed by atoms with Crippen molar-refractivity contribution in [1.82, 2.24) is 19.3 Å². The molecule has 0 aliphatic heterocycles. The number of nitrogens with one attached hydrogen (secondary N) is 1. The highest BCUT2D eigenvalue weighted by Crippen LogP contribution is 2.33. The van der Waals surface area contributed by atoms with E-state index in [9.17, 15) is 13.2 Å². The molecule has 1 atom stereocenters. The molecule has 1 aliphatic carbocycles. The molecule has 2 aromatic carbocycles. The quantitative estimate of drug-likeness (QED) is 0.316. The van der Waals surface area contributed by atoms with E-state index in [1.165, 1.54) is 24.0 Å². The summed E-state index contributed by atoms with van der Waals surface area (Å²) in [5.74, 6) is -0.145. The van der Waals surface area contributed by atoms with Gasteiger partial charge in [0.25, 0.3) is 0 Å². The Kier molecular flexibility index (Phi) is 8.00. The molecule has 0 saturated heterocycles. The Morgan fingerprint density at radius 2 is 1.82 bits per heavy atom. The van der Waals surface area contributed by atoms with Gasteiger partial charge in [-0.25, -0.2) is 27.5 Å². The molecule has 0 radical (unpaired) electrons. The lowest BCUT2D eigenvalue weighted by atomic mass is 9.86. The van der Waals surface area contributed by atoms with Gasteiger partial charge in [-0.1, -0.05) is 42.5 Å². The Hall–Kier alpha value is -3.63. The molecule has 0 spiro atoms. The first kappa shape index (κ1) is 27.9. The lowest BCUT2D eigenvalue weighted by Crippen LogP contribution is -2.38. The van der Waals surface area contributed by atoms with Crippen molar-refractivity contribution in [3.63, 3.8) is 0 Å². The highest BCUT2D eigenvalue weighted by Gasteiger charge is 2.29. The van der Waals surface area contributed by atoms with E-state index in [1.54, 1.807) is 25.3 Å². The van der Waals surface area contributed by atoms with E-state index in [2.05, 4.69) is 19.6 Å². The number of carbonyl (C=O) groups excluding carboxylic acids is 1. The second-order valence-electron chi connectivity index (χ2n) is 10.6. The molecule has 210 valence electrons. The van der Waals surface area contributed by atoms with Crippen molar-refractivity contribution in [3.05, 3.63) is 78.5 Å². The molecule has 0 amide bonds. The molecule has 1 fully saturated rings. The highest BCUT2D eigenvalue weighted by molar-refractivity contribution is 7.89. The zero-order valence-electron chi connectivity index (χ0n) is 22.9. The van der Waals surface area contributed by atoms with Crippen molar-refractivity contribution >= 4 is 32.8 Å². The van der Waals surface area contributed by atoms with E-state index in [-0.39, 0.29) is 29.4 Å². The predicted molar refractivity (Wildman–Crippen MR) is 155 cm³/mol. The molecule has 0 bridgehead atoms. The Morgan fingerprint density at radius 3 is 2.50 bits per heavy atom. The molecule has 1 saturated carbocycles. The van der Waals surface area contributed by atoms with Crippen LogP contribution in [-0.4, -0.2) is 54.8 Å². The molecule has 40 heavy (non-hydrogen) atoms. The first-order valence-corrected chi connectivity index (χ1v) is 15.2. The van der Waals surface area contributed by atoms with Crippen LogP contribution in [-0.2, 0) is 10.0 Å². The van der Waals surface area contributed by atoms with E-state index in [0.29, 0.717) is 16.8 Å². The second kappa shape index (κ2) is 11.5. The van der Waals surface area contributed by atoms with Gasteiger partial charge < -0.3 is 4.90 Å². The third-order valence-electron chi connectivity index (χ3n) is 8.11. The van der Waals surface area contributed by atoms with Gasteiger partial charge in [0.05, 0.1) is 17.1 Å². The van der Waals surface area contributed by atoms with Gasteiger partial charge in [0.1, 0.15) is 18.0 Å². The van der Waals surface area contributed by atoms with Crippen LogP contribution in [0.25, 0.3) is 22.2 Å². The number of anilines is 1. The number of rotatable bonds is 8. The summed E-state index contributed by atoms with van der Waals surface area (Å²) >= 11 is 0. The Labute approximate surface area is 234 Å². The van der Waals surface area contributed by atoms with Gasteiger partial charge in [-0.05, 0) is 68.8 Å². The minimum absolute atomic E-state index is 0.138. The maximum atomic E-state index is 15.0. The summed E-state index contributed by atoms with van der Waals surface area (Å²) in [4.78, 5) is 24.6. The van der Waals surface area contributed by atoms with Gasteiger partial charge in [-0.15, -0.1) is 0 Å². The van der Waals surface area contributed by atoms with E-state index < -0.39 is 15.9 Å². The summed E-state index contributed by atoms with van der Waals surface area (Å²) in [6.07, 6.45) is 6.51. The van der Waals surface area contributed by atoms with Crippen LogP contribution in [0.1, 0.15) is 48.9 Å². The predicted octanol–water partition coefficient (Wildman–Crippen LogP) is 5.23. The number of nitrogens with zero attached hydrogens (tertiary/aromatic N) is 4. The van der Waals surface area contributed by atoms with Gasteiger partial charge in [0.15, 0.2) is 5.65 Å². The standard InChI is InChI=1S/C30H34FN5O3S/c1-20(23-11-14-25(27(31)17-23)22-7-5-4-6-8-22)30(37)36-16-15-26-28(33-19-34-29(26)36)35(3)24-12-9-21(10-13-24)18-40(38,39)32-2/h4-8,11,14-17,19-21,24,32H,9-10,12-13,18H2,1-3H3. The van der Waals surface area contributed by atoms with Crippen molar-refractivity contribution in [2.75, 3.05) is 24.7 Å². The lowest BCUT2D eigenvalue weighted by molar-refractivity contribution is 0.0889. The maximum absolute atomic E-state index is 15.0. The highest BCUT2D eigenvalue weighted by atomic mass is 32.2. The summed E-state index contributed by atoms with van der Waals surface area (Å²) in [6.45, 7) is 1.77. The van der Waals surface area contributed by atoms with Gasteiger partial charge in [-0.3, -0.25) is 9.36 Å². The summed E-state index contributed by atoms with van der Waals surface area (Å²) in [7, 11) is 0.205. The minimum Gasteiger partial charge on any atom is -0.356 e. The van der Waals surface area contributed by atoms with E-state index in [0.717, 1.165) is 42.5 Å². The van der Waals surface area contributed by atoms with Gasteiger partial charge in [0, 0.05) is 24.8 Å². The first-order chi connectivity index (χ1) is 19.2. The molecular formula is C30H34FN5O3S. The average Bonchev–Trinajstić information content (AvgIpc) is 3.41. The molecule has 8 nitrogen and oxygen atoms in total. The third kappa shape index (κ3) is 5.64. The van der Waals surface area contributed by atoms with Crippen molar-refractivity contribution in [2.24, 2.45) is 5.92 Å². The summed E-state index contributed by atoms with van der Waals surface area (Å²) < 4.78 is 42.8. The first-order valence-electron chi connectivity index (χ1n) is 13.5. The minimum atomic E-state index is -3.23. The van der Waals surface area contributed by atoms with Crippen LogP contribution in [0.2, 0.25) is 0 Å². The zero-order chi connectivity index (χ0) is 28.4. The van der Waals surface area contributed by atoms with Crippen LogP contribution in [0, 0.1) is 11.7 Å². The monoisotopic (exact) mass is 563 g/mol. The number of benzene rings is 2. The number of halogens is 1. The number of aromatic nitrogens is 3. The lowest BCUT2D eigenvalue weighted by Gasteiger charge is -2.35. The van der Waals surface area contributed by atoms with Crippen LogP contribution >= 0.6 is 0 Å².